The SMILES string of the molecule is CCCNc1c(C(=O)O)cc([N+](=O)[O-])cc1[N+](=O)[O-]. The summed E-state index contributed by atoms with van der Waals surface area (Å²) in [5.41, 5.74) is -1.97. The zero-order chi connectivity index (χ0) is 14.6. The first-order chi connectivity index (χ1) is 8.88. The van der Waals surface area contributed by atoms with E-state index in [9.17, 15) is 25.0 Å². The van der Waals surface area contributed by atoms with Crippen LogP contribution in [0.5, 0.6) is 0 Å². The van der Waals surface area contributed by atoms with Gasteiger partial charge in [0.1, 0.15) is 5.69 Å². The van der Waals surface area contributed by atoms with Gasteiger partial charge in [0.15, 0.2) is 0 Å². The number of nitrogens with zero attached hydrogens (tertiary/aromatic N) is 2. The lowest BCUT2D eigenvalue weighted by molar-refractivity contribution is -0.393. The van der Waals surface area contributed by atoms with Crippen molar-refractivity contribution in [2.45, 2.75) is 13.3 Å². The number of nitro groups is 2. The second-order valence-electron chi connectivity index (χ2n) is 3.63. The first-order valence-corrected chi connectivity index (χ1v) is 5.32. The lowest BCUT2D eigenvalue weighted by atomic mass is 10.1. The number of nitrogens with one attached hydrogen (secondary N) is 1. The molecule has 0 aromatic heterocycles. The Balaban J connectivity index is 3.50. The molecule has 0 aliphatic heterocycles. The van der Waals surface area contributed by atoms with Crippen molar-refractivity contribution in [3.63, 3.8) is 0 Å². The topological polar surface area (TPSA) is 136 Å². The van der Waals surface area contributed by atoms with Crippen LogP contribution in [0.15, 0.2) is 12.1 Å². The molecule has 0 bridgehead atoms. The van der Waals surface area contributed by atoms with E-state index in [1.54, 1.807) is 6.92 Å². The number of carboxylic acids is 1. The molecule has 0 saturated heterocycles. The minimum atomic E-state index is -1.47. The fourth-order valence-corrected chi connectivity index (χ4v) is 1.47. The third-order valence-electron chi connectivity index (χ3n) is 2.29. The number of nitro benzene ring substituents is 2. The normalized spacial score (nSPS) is 9.95. The number of benzene rings is 1. The van der Waals surface area contributed by atoms with E-state index >= 15 is 0 Å². The Kier molecular flexibility index (Phi) is 4.35. The van der Waals surface area contributed by atoms with Crippen LogP contribution in [-0.2, 0) is 0 Å². The van der Waals surface area contributed by atoms with Gasteiger partial charge in [-0.25, -0.2) is 4.79 Å². The molecule has 0 atom stereocenters. The molecule has 102 valence electrons. The lowest BCUT2D eigenvalue weighted by Gasteiger charge is -2.09. The fourth-order valence-electron chi connectivity index (χ4n) is 1.47. The highest BCUT2D eigenvalue weighted by Gasteiger charge is 2.26. The van der Waals surface area contributed by atoms with Crippen LogP contribution in [0.3, 0.4) is 0 Å². The van der Waals surface area contributed by atoms with Crippen LogP contribution >= 0.6 is 0 Å². The molecule has 9 nitrogen and oxygen atoms in total. The summed E-state index contributed by atoms with van der Waals surface area (Å²) in [5, 5.41) is 33.1. The van der Waals surface area contributed by atoms with Crippen molar-refractivity contribution in [3.8, 4) is 0 Å². The number of rotatable bonds is 6. The Morgan fingerprint density at radius 3 is 2.37 bits per heavy atom. The second-order valence-corrected chi connectivity index (χ2v) is 3.63. The minimum Gasteiger partial charge on any atom is -0.478 e. The summed E-state index contributed by atoms with van der Waals surface area (Å²) < 4.78 is 0. The van der Waals surface area contributed by atoms with Crippen LogP contribution < -0.4 is 5.32 Å². The van der Waals surface area contributed by atoms with Gasteiger partial charge in [-0.1, -0.05) is 6.92 Å². The first-order valence-electron chi connectivity index (χ1n) is 5.32. The van der Waals surface area contributed by atoms with E-state index in [0.717, 1.165) is 12.1 Å². The average molecular weight is 269 g/mol. The minimum absolute atomic E-state index is 0.218. The Labute approximate surface area is 107 Å². The summed E-state index contributed by atoms with van der Waals surface area (Å²) in [5.74, 6) is -1.47. The van der Waals surface area contributed by atoms with Crippen molar-refractivity contribution in [1.29, 1.82) is 0 Å². The number of non-ortho nitro benzene ring substituents is 1. The van der Waals surface area contributed by atoms with E-state index in [2.05, 4.69) is 5.32 Å². The molecule has 0 unspecified atom stereocenters. The van der Waals surface area contributed by atoms with Gasteiger partial charge in [-0.3, -0.25) is 20.2 Å². The molecule has 9 heteroatoms. The maximum atomic E-state index is 11.0. The highest BCUT2D eigenvalue weighted by molar-refractivity contribution is 5.98. The van der Waals surface area contributed by atoms with Gasteiger partial charge in [0.25, 0.3) is 11.4 Å². The van der Waals surface area contributed by atoms with Crippen LogP contribution in [0.2, 0.25) is 0 Å². The van der Waals surface area contributed by atoms with E-state index in [1.807, 2.05) is 0 Å². The maximum Gasteiger partial charge on any atom is 0.338 e. The predicted molar refractivity (Wildman–Crippen MR) is 65.5 cm³/mol. The largest absolute Gasteiger partial charge is 0.478 e. The Morgan fingerprint density at radius 2 is 1.95 bits per heavy atom. The van der Waals surface area contributed by atoms with Crippen molar-refractivity contribution in [1.82, 2.24) is 0 Å². The number of anilines is 1. The first kappa shape index (κ1) is 14.4. The van der Waals surface area contributed by atoms with Crippen molar-refractivity contribution >= 4 is 23.0 Å². The van der Waals surface area contributed by atoms with Crippen molar-refractivity contribution < 1.29 is 19.7 Å². The number of carboxylic acid groups (broad SMARTS) is 1. The molecule has 0 radical (unpaired) electrons. The van der Waals surface area contributed by atoms with Gasteiger partial charge in [-0.15, -0.1) is 0 Å². The maximum absolute atomic E-state index is 11.0. The molecule has 0 aliphatic rings. The van der Waals surface area contributed by atoms with Crippen LogP contribution in [0.4, 0.5) is 17.1 Å². The monoisotopic (exact) mass is 269 g/mol. The average Bonchev–Trinajstić information content (AvgIpc) is 2.34. The summed E-state index contributed by atoms with van der Waals surface area (Å²) in [6, 6.07) is 1.54. The van der Waals surface area contributed by atoms with Gasteiger partial charge in [0, 0.05) is 12.6 Å². The van der Waals surface area contributed by atoms with E-state index in [-0.39, 0.29) is 5.69 Å². The zero-order valence-corrected chi connectivity index (χ0v) is 9.95. The Hall–Kier alpha value is -2.71. The molecule has 1 rings (SSSR count). The standard InChI is InChI=1S/C10H11N3O6/c1-2-3-11-9-7(10(14)15)4-6(12(16)17)5-8(9)13(18)19/h4-5,11H,2-3H2,1H3,(H,14,15). The van der Waals surface area contributed by atoms with Crippen LogP contribution in [-0.4, -0.2) is 27.5 Å². The molecule has 0 fully saturated rings. The summed E-state index contributed by atoms with van der Waals surface area (Å²) in [7, 11) is 0. The third kappa shape index (κ3) is 3.15. The second kappa shape index (κ2) is 5.76. The fraction of sp³-hybridized carbons (Fsp3) is 0.300. The zero-order valence-electron chi connectivity index (χ0n) is 9.95. The van der Waals surface area contributed by atoms with Gasteiger partial charge in [-0.2, -0.15) is 0 Å². The number of hydrogen-bond acceptors (Lipinski definition) is 6. The summed E-state index contributed by atoms with van der Waals surface area (Å²) >= 11 is 0. The number of hydrogen-bond donors (Lipinski definition) is 2. The molecule has 19 heavy (non-hydrogen) atoms. The molecule has 2 N–H and O–H groups in total. The van der Waals surface area contributed by atoms with E-state index < -0.39 is 32.8 Å². The van der Waals surface area contributed by atoms with Crippen molar-refractivity contribution in [2.24, 2.45) is 0 Å². The molecular formula is C10H11N3O6. The highest BCUT2D eigenvalue weighted by Crippen LogP contribution is 2.33. The lowest BCUT2D eigenvalue weighted by Crippen LogP contribution is -2.10. The molecule has 0 amide bonds. The quantitative estimate of drug-likeness (QED) is 0.595. The van der Waals surface area contributed by atoms with Crippen LogP contribution in [0.1, 0.15) is 23.7 Å². The summed E-state index contributed by atoms with van der Waals surface area (Å²) in [6.07, 6.45) is 0.618. The molecule has 0 heterocycles. The van der Waals surface area contributed by atoms with Crippen molar-refractivity contribution in [2.75, 3.05) is 11.9 Å². The molecular weight excluding hydrogens is 258 g/mol. The van der Waals surface area contributed by atoms with E-state index in [0.29, 0.717) is 13.0 Å². The Bertz CT molecular complexity index is 507. The van der Waals surface area contributed by atoms with Crippen LogP contribution in [0, 0.1) is 20.2 Å². The highest BCUT2D eigenvalue weighted by atomic mass is 16.6. The molecule has 1 aromatic rings. The molecule has 0 spiro atoms. The van der Waals surface area contributed by atoms with Gasteiger partial charge < -0.3 is 10.4 Å². The van der Waals surface area contributed by atoms with E-state index in [4.69, 9.17) is 5.11 Å². The van der Waals surface area contributed by atoms with Gasteiger partial charge in [0.2, 0.25) is 0 Å². The van der Waals surface area contributed by atoms with Crippen molar-refractivity contribution in [3.05, 3.63) is 37.9 Å². The predicted octanol–water partition coefficient (Wildman–Crippen LogP) is 2.02. The summed E-state index contributed by atoms with van der Waals surface area (Å²) in [6.45, 7) is 2.11. The number of aromatic carboxylic acids is 1. The smallest absolute Gasteiger partial charge is 0.338 e. The molecule has 1 aromatic carbocycles. The van der Waals surface area contributed by atoms with Gasteiger partial charge in [-0.05, 0) is 6.42 Å². The molecule has 0 aliphatic carbocycles. The number of carbonyl (C=O) groups is 1. The molecule has 0 saturated carbocycles. The summed E-state index contributed by atoms with van der Waals surface area (Å²) in [4.78, 5) is 30.9. The van der Waals surface area contributed by atoms with Crippen LogP contribution in [0.25, 0.3) is 0 Å². The third-order valence-corrected chi connectivity index (χ3v) is 2.29. The van der Waals surface area contributed by atoms with E-state index in [1.165, 1.54) is 0 Å². The Morgan fingerprint density at radius 1 is 1.32 bits per heavy atom. The van der Waals surface area contributed by atoms with Gasteiger partial charge in [0.05, 0.1) is 21.5 Å². The van der Waals surface area contributed by atoms with Gasteiger partial charge >= 0.3 is 5.97 Å².